The van der Waals surface area contributed by atoms with Crippen LogP contribution >= 0.6 is 11.6 Å². The van der Waals surface area contributed by atoms with E-state index in [1.807, 2.05) is 24.3 Å². The number of aromatic nitrogens is 1. The van der Waals surface area contributed by atoms with Gasteiger partial charge in [-0.15, -0.1) is 0 Å². The van der Waals surface area contributed by atoms with E-state index in [0.717, 1.165) is 11.3 Å². The summed E-state index contributed by atoms with van der Waals surface area (Å²) >= 11 is 6.08. The molecule has 0 saturated heterocycles. The lowest BCUT2D eigenvalue weighted by Gasteiger charge is -2.10. The van der Waals surface area contributed by atoms with Crippen LogP contribution in [0, 0.1) is 0 Å². The lowest BCUT2D eigenvalue weighted by molar-refractivity contribution is 0.102. The van der Waals surface area contributed by atoms with E-state index in [4.69, 9.17) is 21.1 Å². The zero-order valence-corrected chi connectivity index (χ0v) is 16.3. The molecule has 7 heteroatoms. The highest BCUT2D eigenvalue weighted by Gasteiger charge is 2.09. The first kappa shape index (κ1) is 19.5. The van der Waals surface area contributed by atoms with Crippen LogP contribution < -0.4 is 20.1 Å². The second-order valence-electron chi connectivity index (χ2n) is 5.90. The molecule has 2 aromatic carbocycles. The fourth-order valence-corrected chi connectivity index (χ4v) is 2.87. The molecule has 0 atom stereocenters. The van der Waals surface area contributed by atoms with Crippen LogP contribution in [-0.4, -0.2) is 25.1 Å². The molecule has 0 aliphatic carbocycles. The molecule has 3 aromatic rings. The number of pyridine rings is 1. The minimum atomic E-state index is -0.273. The zero-order chi connectivity index (χ0) is 19.9. The number of nitrogens with one attached hydrogen (secondary N) is 2. The van der Waals surface area contributed by atoms with E-state index in [9.17, 15) is 4.79 Å². The Morgan fingerprint density at radius 3 is 2.50 bits per heavy atom. The number of carbonyl (C=O) groups is 1. The molecule has 0 saturated carbocycles. The SMILES string of the molecule is COc1ccc(NC(=O)c2ccc(NCc3ccccc3OC)nc2)cc1Cl. The van der Waals surface area contributed by atoms with Crippen LogP contribution in [0.5, 0.6) is 11.5 Å². The van der Waals surface area contributed by atoms with Crippen LogP contribution in [0.4, 0.5) is 11.5 Å². The van der Waals surface area contributed by atoms with Crippen molar-refractivity contribution in [3.05, 3.63) is 76.9 Å². The van der Waals surface area contributed by atoms with Crippen LogP contribution in [-0.2, 0) is 6.54 Å². The van der Waals surface area contributed by atoms with Gasteiger partial charge in [-0.25, -0.2) is 4.98 Å². The van der Waals surface area contributed by atoms with E-state index in [2.05, 4.69) is 15.6 Å². The molecular weight excluding hydrogens is 378 g/mol. The lowest BCUT2D eigenvalue weighted by Crippen LogP contribution is -2.12. The molecule has 6 nitrogen and oxygen atoms in total. The second kappa shape index (κ2) is 9.10. The van der Waals surface area contributed by atoms with Gasteiger partial charge in [0, 0.05) is 24.0 Å². The van der Waals surface area contributed by atoms with Crippen LogP contribution in [0.25, 0.3) is 0 Å². The number of anilines is 2. The van der Waals surface area contributed by atoms with Gasteiger partial charge in [0.25, 0.3) is 5.91 Å². The number of nitrogens with zero attached hydrogens (tertiary/aromatic N) is 1. The van der Waals surface area contributed by atoms with E-state index < -0.39 is 0 Å². The van der Waals surface area contributed by atoms with Gasteiger partial charge in [-0.2, -0.15) is 0 Å². The van der Waals surface area contributed by atoms with E-state index in [1.54, 1.807) is 37.4 Å². The van der Waals surface area contributed by atoms with Crippen molar-refractivity contribution in [1.82, 2.24) is 4.98 Å². The molecule has 3 rings (SSSR count). The Hall–Kier alpha value is -3.25. The summed E-state index contributed by atoms with van der Waals surface area (Å²) < 4.78 is 10.4. The topological polar surface area (TPSA) is 72.5 Å². The number of methoxy groups -OCH3 is 2. The van der Waals surface area contributed by atoms with Gasteiger partial charge < -0.3 is 20.1 Å². The molecule has 1 aromatic heterocycles. The van der Waals surface area contributed by atoms with E-state index in [0.29, 0.717) is 34.4 Å². The Bertz CT molecular complexity index is 961. The Labute approximate surface area is 168 Å². The molecule has 0 radical (unpaired) electrons. The smallest absolute Gasteiger partial charge is 0.257 e. The van der Waals surface area contributed by atoms with Crippen LogP contribution in [0.1, 0.15) is 15.9 Å². The number of carbonyl (C=O) groups excluding carboxylic acids is 1. The van der Waals surface area contributed by atoms with E-state index in [-0.39, 0.29) is 5.91 Å². The molecule has 0 aliphatic heterocycles. The van der Waals surface area contributed by atoms with Crippen molar-refractivity contribution < 1.29 is 14.3 Å². The Morgan fingerprint density at radius 2 is 1.82 bits per heavy atom. The molecule has 1 heterocycles. The molecular formula is C21H20ClN3O3. The van der Waals surface area contributed by atoms with Crippen molar-refractivity contribution in [3.63, 3.8) is 0 Å². The average molecular weight is 398 g/mol. The third-order valence-electron chi connectivity index (χ3n) is 4.09. The van der Waals surface area contributed by atoms with Crippen molar-refractivity contribution in [1.29, 1.82) is 0 Å². The average Bonchev–Trinajstić information content (AvgIpc) is 2.73. The number of halogens is 1. The number of hydrogen-bond donors (Lipinski definition) is 2. The summed E-state index contributed by atoms with van der Waals surface area (Å²) in [5.74, 6) is 1.75. The van der Waals surface area contributed by atoms with Gasteiger partial charge in [-0.05, 0) is 36.4 Å². The molecule has 0 spiro atoms. The summed E-state index contributed by atoms with van der Waals surface area (Å²) in [4.78, 5) is 16.7. The summed E-state index contributed by atoms with van der Waals surface area (Å²) in [5.41, 5.74) is 2.04. The minimum absolute atomic E-state index is 0.273. The first-order valence-corrected chi connectivity index (χ1v) is 8.95. The predicted molar refractivity (Wildman–Crippen MR) is 111 cm³/mol. The van der Waals surface area contributed by atoms with Crippen molar-refractivity contribution in [2.45, 2.75) is 6.54 Å². The third kappa shape index (κ3) is 4.72. The quantitative estimate of drug-likeness (QED) is 0.608. The molecule has 0 aliphatic rings. The summed E-state index contributed by atoms with van der Waals surface area (Å²) in [6.45, 7) is 0.562. The van der Waals surface area contributed by atoms with Gasteiger partial charge in [-0.3, -0.25) is 4.79 Å². The highest BCUT2D eigenvalue weighted by Crippen LogP contribution is 2.27. The number of rotatable bonds is 7. The summed E-state index contributed by atoms with van der Waals surface area (Å²) in [7, 11) is 3.18. The van der Waals surface area contributed by atoms with Gasteiger partial charge >= 0.3 is 0 Å². The normalized spacial score (nSPS) is 10.2. The monoisotopic (exact) mass is 397 g/mol. The maximum atomic E-state index is 12.4. The van der Waals surface area contributed by atoms with Crippen molar-refractivity contribution in [3.8, 4) is 11.5 Å². The molecule has 0 bridgehead atoms. The van der Waals surface area contributed by atoms with E-state index >= 15 is 0 Å². The van der Waals surface area contributed by atoms with E-state index in [1.165, 1.54) is 13.3 Å². The first-order valence-electron chi connectivity index (χ1n) is 8.57. The number of hydrogen-bond acceptors (Lipinski definition) is 5. The highest BCUT2D eigenvalue weighted by atomic mass is 35.5. The number of amides is 1. The Balaban J connectivity index is 1.62. The first-order chi connectivity index (χ1) is 13.6. The second-order valence-corrected chi connectivity index (χ2v) is 6.31. The highest BCUT2D eigenvalue weighted by molar-refractivity contribution is 6.32. The molecule has 2 N–H and O–H groups in total. The molecule has 0 fully saturated rings. The zero-order valence-electron chi connectivity index (χ0n) is 15.5. The maximum absolute atomic E-state index is 12.4. The molecule has 144 valence electrons. The molecule has 1 amide bonds. The van der Waals surface area contributed by atoms with Crippen molar-refractivity contribution in [2.24, 2.45) is 0 Å². The lowest BCUT2D eigenvalue weighted by atomic mass is 10.2. The predicted octanol–water partition coefficient (Wildman–Crippen LogP) is 4.62. The molecule has 0 unspecified atom stereocenters. The van der Waals surface area contributed by atoms with Gasteiger partial charge in [0.1, 0.15) is 17.3 Å². The van der Waals surface area contributed by atoms with Gasteiger partial charge in [0.05, 0.1) is 24.8 Å². The van der Waals surface area contributed by atoms with Crippen molar-refractivity contribution in [2.75, 3.05) is 24.9 Å². The van der Waals surface area contributed by atoms with Gasteiger partial charge in [0.2, 0.25) is 0 Å². The number of ether oxygens (including phenoxy) is 2. The van der Waals surface area contributed by atoms with Gasteiger partial charge in [-0.1, -0.05) is 29.8 Å². The fraction of sp³-hybridized carbons (Fsp3) is 0.143. The Kier molecular flexibility index (Phi) is 6.34. The summed E-state index contributed by atoms with van der Waals surface area (Å²) in [5, 5.41) is 6.43. The summed E-state index contributed by atoms with van der Waals surface area (Å²) in [6.07, 6.45) is 1.52. The number of para-hydroxylation sites is 1. The third-order valence-corrected chi connectivity index (χ3v) is 4.38. The fourth-order valence-electron chi connectivity index (χ4n) is 2.61. The van der Waals surface area contributed by atoms with Gasteiger partial charge in [0.15, 0.2) is 0 Å². The van der Waals surface area contributed by atoms with Crippen LogP contribution in [0.2, 0.25) is 5.02 Å². The standard InChI is InChI=1S/C21H20ClN3O3/c1-27-18-6-4-3-5-14(18)12-23-20-10-7-15(13-24-20)21(26)25-16-8-9-19(28-2)17(22)11-16/h3-11,13H,12H2,1-2H3,(H,23,24)(H,25,26). The minimum Gasteiger partial charge on any atom is -0.496 e. The van der Waals surface area contributed by atoms with Crippen LogP contribution in [0.15, 0.2) is 60.8 Å². The van der Waals surface area contributed by atoms with Crippen LogP contribution in [0.3, 0.4) is 0 Å². The Morgan fingerprint density at radius 1 is 1.04 bits per heavy atom. The summed E-state index contributed by atoms with van der Waals surface area (Å²) in [6, 6.07) is 16.3. The van der Waals surface area contributed by atoms with Crippen molar-refractivity contribution >= 4 is 29.0 Å². The maximum Gasteiger partial charge on any atom is 0.257 e. The largest absolute Gasteiger partial charge is 0.496 e. The number of benzene rings is 2. The molecule has 28 heavy (non-hydrogen) atoms.